The summed E-state index contributed by atoms with van der Waals surface area (Å²) < 4.78 is 15.5. The Morgan fingerprint density at radius 2 is 2.19 bits per heavy atom. The van der Waals surface area contributed by atoms with Crippen LogP contribution in [0.1, 0.15) is 11.4 Å². The molecule has 0 saturated heterocycles. The molecule has 16 heavy (non-hydrogen) atoms. The van der Waals surface area contributed by atoms with Gasteiger partial charge in [-0.25, -0.2) is 9.37 Å². The van der Waals surface area contributed by atoms with E-state index in [2.05, 4.69) is 10.3 Å². The van der Waals surface area contributed by atoms with Gasteiger partial charge in [0.2, 0.25) is 0 Å². The first-order valence-corrected chi connectivity index (χ1v) is 5.37. The zero-order chi connectivity index (χ0) is 11.0. The van der Waals surface area contributed by atoms with Crippen molar-refractivity contribution < 1.29 is 4.39 Å². The van der Waals surface area contributed by atoms with Gasteiger partial charge in [0, 0.05) is 25.2 Å². The van der Waals surface area contributed by atoms with Gasteiger partial charge in [0.25, 0.3) is 0 Å². The van der Waals surface area contributed by atoms with Crippen LogP contribution in [0, 0.1) is 5.82 Å². The van der Waals surface area contributed by atoms with Crippen LogP contribution in [0.2, 0.25) is 0 Å². The molecule has 2 aromatic rings. The molecule has 0 bridgehead atoms. The molecular weight excluding hydrogens is 205 g/mol. The molecule has 0 fully saturated rings. The second-order valence-electron chi connectivity index (χ2n) is 3.89. The van der Waals surface area contributed by atoms with E-state index in [0.717, 1.165) is 30.9 Å². The molecule has 0 amide bonds. The molecule has 2 heterocycles. The largest absolute Gasteiger partial charge is 0.311 e. The Kier molecular flexibility index (Phi) is 2.22. The molecule has 1 N–H and O–H groups in total. The molecule has 3 rings (SSSR count). The summed E-state index contributed by atoms with van der Waals surface area (Å²) in [4.78, 5) is 4.31. The van der Waals surface area contributed by atoms with E-state index in [4.69, 9.17) is 0 Å². The van der Waals surface area contributed by atoms with Crippen LogP contribution in [-0.4, -0.2) is 16.1 Å². The number of fused-ring (bicyclic) bond motifs is 1. The highest BCUT2D eigenvalue weighted by Gasteiger charge is 2.16. The van der Waals surface area contributed by atoms with Gasteiger partial charge in [0.05, 0.1) is 17.7 Å². The Balaban J connectivity index is 2.13. The molecule has 0 saturated carbocycles. The number of benzene rings is 1. The third kappa shape index (κ3) is 1.42. The Bertz CT molecular complexity index is 519. The molecule has 82 valence electrons. The number of imidazole rings is 1. The number of nitrogens with zero attached hydrogens (tertiary/aromatic N) is 2. The van der Waals surface area contributed by atoms with Crippen molar-refractivity contribution in [2.75, 3.05) is 6.54 Å². The van der Waals surface area contributed by atoms with Gasteiger partial charge in [-0.3, -0.25) is 4.57 Å². The normalized spacial score (nSPS) is 14.8. The number of hydrogen-bond acceptors (Lipinski definition) is 2. The minimum Gasteiger partial charge on any atom is -0.311 e. The van der Waals surface area contributed by atoms with Crippen LogP contribution in [0.5, 0.6) is 0 Å². The van der Waals surface area contributed by atoms with Crippen molar-refractivity contribution in [3.63, 3.8) is 0 Å². The highest BCUT2D eigenvalue weighted by molar-refractivity contribution is 5.37. The average molecular weight is 217 g/mol. The first kappa shape index (κ1) is 9.54. The zero-order valence-electron chi connectivity index (χ0n) is 8.78. The van der Waals surface area contributed by atoms with Crippen LogP contribution in [0.15, 0.2) is 30.6 Å². The van der Waals surface area contributed by atoms with Gasteiger partial charge in [-0.05, 0) is 12.1 Å². The maximum absolute atomic E-state index is 13.7. The summed E-state index contributed by atoms with van der Waals surface area (Å²) in [5.41, 5.74) is 2.72. The summed E-state index contributed by atoms with van der Waals surface area (Å²) in [7, 11) is 0. The van der Waals surface area contributed by atoms with Crippen molar-refractivity contribution in [2.45, 2.75) is 13.0 Å². The summed E-state index contributed by atoms with van der Waals surface area (Å²) in [6, 6.07) is 6.79. The van der Waals surface area contributed by atoms with E-state index in [0.29, 0.717) is 5.69 Å². The van der Waals surface area contributed by atoms with E-state index < -0.39 is 0 Å². The van der Waals surface area contributed by atoms with E-state index in [1.54, 1.807) is 18.5 Å². The van der Waals surface area contributed by atoms with Crippen molar-refractivity contribution in [3.05, 3.63) is 47.8 Å². The van der Waals surface area contributed by atoms with Gasteiger partial charge in [-0.2, -0.15) is 0 Å². The monoisotopic (exact) mass is 217 g/mol. The highest BCUT2D eigenvalue weighted by atomic mass is 19.1. The van der Waals surface area contributed by atoms with Crippen molar-refractivity contribution >= 4 is 0 Å². The fourth-order valence-corrected chi connectivity index (χ4v) is 2.09. The van der Waals surface area contributed by atoms with E-state index in [1.807, 2.05) is 10.6 Å². The molecule has 3 nitrogen and oxygen atoms in total. The number of rotatable bonds is 1. The van der Waals surface area contributed by atoms with Crippen LogP contribution >= 0.6 is 0 Å². The maximum atomic E-state index is 13.7. The summed E-state index contributed by atoms with van der Waals surface area (Å²) in [5, 5.41) is 3.25. The average Bonchev–Trinajstić information content (AvgIpc) is 2.74. The van der Waals surface area contributed by atoms with Gasteiger partial charge in [-0.15, -0.1) is 0 Å². The highest BCUT2D eigenvalue weighted by Crippen LogP contribution is 2.19. The summed E-state index contributed by atoms with van der Waals surface area (Å²) in [5.74, 6) is -0.207. The van der Waals surface area contributed by atoms with Crippen LogP contribution in [0.3, 0.4) is 0 Å². The maximum Gasteiger partial charge on any atom is 0.147 e. The fraction of sp³-hybridized carbons (Fsp3) is 0.250. The smallest absolute Gasteiger partial charge is 0.147 e. The minimum atomic E-state index is -0.207. The van der Waals surface area contributed by atoms with Crippen LogP contribution in [0.4, 0.5) is 4.39 Å². The first-order valence-electron chi connectivity index (χ1n) is 5.37. The van der Waals surface area contributed by atoms with Crippen molar-refractivity contribution in [3.8, 4) is 5.69 Å². The van der Waals surface area contributed by atoms with Gasteiger partial charge in [-0.1, -0.05) is 12.1 Å². The predicted molar refractivity (Wildman–Crippen MR) is 58.9 cm³/mol. The Morgan fingerprint density at radius 1 is 1.31 bits per heavy atom. The van der Waals surface area contributed by atoms with Crippen LogP contribution < -0.4 is 5.32 Å². The first-order chi connectivity index (χ1) is 7.86. The molecule has 1 aliphatic rings. The summed E-state index contributed by atoms with van der Waals surface area (Å²) >= 11 is 0. The molecule has 1 aromatic heterocycles. The Hall–Kier alpha value is -1.68. The predicted octanol–water partition coefficient (Wildman–Crippen LogP) is 1.66. The number of aromatic nitrogens is 2. The van der Waals surface area contributed by atoms with Crippen molar-refractivity contribution in [1.82, 2.24) is 14.9 Å². The quantitative estimate of drug-likeness (QED) is 0.787. The molecule has 4 heteroatoms. The van der Waals surface area contributed by atoms with Crippen molar-refractivity contribution in [1.29, 1.82) is 0 Å². The van der Waals surface area contributed by atoms with E-state index in [9.17, 15) is 4.39 Å². The summed E-state index contributed by atoms with van der Waals surface area (Å²) in [6.45, 7) is 1.70. The third-order valence-corrected chi connectivity index (χ3v) is 2.90. The van der Waals surface area contributed by atoms with Crippen LogP contribution in [-0.2, 0) is 13.0 Å². The van der Waals surface area contributed by atoms with Crippen LogP contribution in [0.25, 0.3) is 5.69 Å². The van der Waals surface area contributed by atoms with Gasteiger partial charge >= 0.3 is 0 Å². The zero-order valence-corrected chi connectivity index (χ0v) is 8.78. The lowest BCUT2D eigenvalue weighted by molar-refractivity contribution is 0.600. The number of nitrogens with one attached hydrogen (secondary N) is 1. The molecule has 0 spiro atoms. The number of para-hydroxylation sites is 1. The van der Waals surface area contributed by atoms with Gasteiger partial charge in [0.15, 0.2) is 0 Å². The Labute approximate surface area is 92.9 Å². The molecule has 1 aliphatic heterocycles. The fourth-order valence-electron chi connectivity index (χ4n) is 2.09. The molecule has 1 aromatic carbocycles. The number of halogens is 1. The second-order valence-corrected chi connectivity index (χ2v) is 3.89. The number of hydrogen-bond donors (Lipinski definition) is 1. The molecule has 0 aliphatic carbocycles. The SMILES string of the molecule is Fc1ccccc1-n1cnc2c1CCNC2. The topological polar surface area (TPSA) is 29.9 Å². The van der Waals surface area contributed by atoms with Gasteiger partial charge in [0.1, 0.15) is 5.82 Å². The lowest BCUT2D eigenvalue weighted by atomic mass is 10.1. The summed E-state index contributed by atoms with van der Waals surface area (Å²) in [6.07, 6.45) is 2.60. The van der Waals surface area contributed by atoms with Crippen molar-refractivity contribution in [2.24, 2.45) is 0 Å². The molecule has 0 radical (unpaired) electrons. The van der Waals surface area contributed by atoms with Gasteiger partial charge < -0.3 is 5.32 Å². The lowest BCUT2D eigenvalue weighted by Gasteiger charge is -2.15. The second kappa shape index (κ2) is 3.72. The van der Waals surface area contributed by atoms with E-state index >= 15 is 0 Å². The minimum absolute atomic E-state index is 0.207. The molecular formula is C12H12FN3. The van der Waals surface area contributed by atoms with E-state index in [-0.39, 0.29) is 5.82 Å². The lowest BCUT2D eigenvalue weighted by Crippen LogP contribution is -2.24. The standard InChI is InChI=1S/C12H12FN3/c13-9-3-1-2-4-11(9)16-8-15-10-7-14-6-5-12(10)16/h1-4,8,14H,5-7H2. The molecule has 0 unspecified atom stereocenters. The molecule has 0 atom stereocenters. The Morgan fingerprint density at radius 3 is 3.06 bits per heavy atom. The third-order valence-electron chi connectivity index (χ3n) is 2.90. The van der Waals surface area contributed by atoms with E-state index in [1.165, 1.54) is 6.07 Å².